The summed E-state index contributed by atoms with van der Waals surface area (Å²) < 4.78 is 5.91. The van der Waals surface area contributed by atoms with E-state index in [1.54, 1.807) is 0 Å². The Morgan fingerprint density at radius 3 is 2.28 bits per heavy atom. The van der Waals surface area contributed by atoms with Crippen molar-refractivity contribution in [3.63, 3.8) is 0 Å². The van der Waals surface area contributed by atoms with Gasteiger partial charge in [0.2, 0.25) is 5.91 Å². The van der Waals surface area contributed by atoms with Gasteiger partial charge in [-0.1, -0.05) is 71.9 Å². The third-order valence-corrected chi connectivity index (χ3v) is 7.05. The number of hydrogen-bond donors (Lipinski definition) is 3. The highest BCUT2D eigenvalue weighted by Crippen LogP contribution is 2.33. The highest BCUT2D eigenvalue weighted by Gasteiger charge is 2.21. The van der Waals surface area contributed by atoms with E-state index in [0.29, 0.717) is 18.1 Å². The van der Waals surface area contributed by atoms with Gasteiger partial charge in [0.15, 0.2) is 0 Å². The molecule has 0 radical (unpaired) electrons. The van der Waals surface area contributed by atoms with Crippen molar-refractivity contribution in [3.8, 4) is 5.75 Å². The first kappa shape index (κ1) is 27.8. The van der Waals surface area contributed by atoms with E-state index in [4.69, 9.17) is 16.3 Å². The van der Waals surface area contributed by atoms with Crippen molar-refractivity contribution >= 4 is 46.9 Å². The molecule has 4 rings (SSSR count). The minimum absolute atomic E-state index is 0.0311. The lowest BCUT2D eigenvalue weighted by Crippen LogP contribution is -2.17. The molecule has 0 aliphatic carbocycles. The van der Waals surface area contributed by atoms with E-state index in [-0.39, 0.29) is 12.1 Å². The molecule has 0 aliphatic heterocycles. The normalized spacial score (nSPS) is 10.6. The molecule has 7 nitrogen and oxygen atoms in total. The fourth-order valence-corrected chi connectivity index (χ4v) is 5.07. The number of rotatable bonds is 11. The van der Waals surface area contributed by atoms with Gasteiger partial charge >= 0.3 is 11.9 Å². The average Bonchev–Trinajstić information content (AvgIpc) is 2.92. The Bertz CT molecular complexity index is 1510. The van der Waals surface area contributed by atoms with E-state index in [1.165, 1.54) is 30.0 Å². The Hall–Kier alpha value is -4.27. The van der Waals surface area contributed by atoms with Crippen molar-refractivity contribution in [1.82, 2.24) is 0 Å². The zero-order valence-electron chi connectivity index (χ0n) is 20.6. The second kappa shape index (κ2) is 13.0. The molecule has 9 heteroatoms. The maximum absolute atomic E-state index is 12.5. The molecule has 0 spiro atoms. The van der Waals surface area contributed by atoms with Crippen molar-refractivity contribution in [1.29, 1.82) is 0 Å². The van der Waals surface area contributed by atoms with Crippen LogP contribution in [0.25, 0.3) is 0 Å². The van der Waals surface area contributed by atoms with Gasteiger partial charge in [0.1, 0.15) is 12.4 Å². The van der Waals surface area contributed by atoms with E-state index in [1.807, 2.05) is 72.8 Å². The summed E-state index contributed by atoms with van der Waals surface area (Å²) in [6.45, 7) is 0.478. The summed E-state index contributed by atoms with van der Waals surface area (Å²) in [7, 11) is 0. The molecule has 0 fully saturated rings. The monoisotopic (exact) mass is 561 g/mol. The van der Waals surface area contributed by atoms with E-state index >= 15 is 0 Å². The molecule has 39 heavy (non-hydrogen) atoms. The molecule has 0 saturated carbocycles. The van der Waals surface area contributed by atoms with Crippen molar-refractivity contribution in [2.45, 2.75) is 29.2 Å². The average molecular weight is 562 g/mol. The van der Waals surface area contributed by atoms with Crippen molar-refractivity contribution in [2.75, 3.05) is 5.32 Å². The number of aryl methyl sites for hydroxylation is 1. The third kappa shape index (κ3) is 7.63. The van der Waals surface area contributed by atoms with Crippen LogP contribution in [0.1, 0.15) is 38.3 Å². The lowest BCUT2D eigenvalue weighted by atomic mass is 10.0. The molecule has 198 valence electrons. The van der Waals surface area contributed by atoms with Crippen LogP contribution < -0.4 is 10.1 Å². The number of carboxylic acids is 2. The van der Waals surface area contributed by atoms with Crippen LogP contribution in [0.4, 0.5) is 5.69 Å². The van der Waals surface area contributed by atoms with Gasteiger partial charge in [0, 0.05) is 21.2 Å². The second-order valence-electron chi connectivity index (χ2n) is 8.49. The summed E-state index contributed by atoms with van der Waals surface area (Å²) in [6, 6.07) is 27.2. The van der Waals surface area contributed by atoms with Gasteiger partial charge in [-0.25, -0.2) is 9.59 Å². The molecule has 0 aliphatic rings. The van der Waals surface area contributed by atoms with E-state index in [9.17, 15) is 24.6 Å². The van der Waals surface area contributed by atoms with Crippen molar-refractivity contribution in [3.05, 3.63) is 118 Å². The van der Waals surface area contributed by atoms with E-state index in [0.717, 1.165) is 26.7 Å². The molecular formula is C30H24ClNO6S. The summed E-state index contributed by atoms with van der Waals surface area (Å²) in [5.74, 6) is -2.52. The predicted octanol–water partition coefficient (Wildman–Crippen LogP) is 7.04. The molecule has 0 atom stereocenters. The lowest BCUT2D eigenvalue weighted by Gasteiger charge is -2.11. The van der Waals surface area contributed by atoms with Gasteiger partial charge in [0.25, 0.3) is 0 Å². The third-order valence-electron chi connectivity index (χ3n) is 5.72. The fraction of sp³-hybridized carbons (Fsp3) is 0.100. The number of carboxylic acid groups (broad SMARTS) is 2. The molecule has 0 heterocycles. The zero-order valence-corrected chi connectivity index (χ0v) is 22.2. The number of aromatic carboxylic acids is 2. The number of anilines is 1. The summed E-state index contributed by atoms with van der Waals surface area (Å²) in [5.41, 5.74) is 0.911. The molecular weight excluding hydrogens is 538 g/mol. The largest absolute Gasteiger partial charge is 0.489 e. The summed E-state index contributed by atoms with van der Waals surface area (Å²) >= 11 is 8.03. The highest BCUT2D eigenvalue weighted by molar-refractivity contribution is 7.99. The number of halogens is 1. The van der Waals surface area contributed by atoms with Crippen LogP contribution in [-0.2, 0) is 17.8 Å². The molecule has 0 bridgehead atoms. The number of amides is 1. The minimum Gasteiger partial charge on any atom is -0.489 e. The summed E-state index contributed by atoms with van der Waals surface area (Å²) in [5, 5.41) is 21.7. The Kier molecular flexibility index (Phi) is 9.25. The SMILES string of the molecule is O=C(CCc1ccc(Sc2cccc(OCc3ccccc3)c2)cc1Cl)Nc1cccc(C(=O)O)c1C(=O)O. The number of nitrogens with one attached hydrogen (secondary N) is 1. The molecule has 3 N–H and O–H groups in total. The van der Waals surface area contributed by atoms with Crippen LogP contribution in [0.3, 0.4) is 0 Å². The highest BCUT2D eigenvalue weighted by atomic mass is 35.5. The smallest absolute Gasteiger partial charge is 0.338 e. The maximum Gasteiger partial charge on any atom is 0.338 e. The van der Waals surface area contributed by atoms with Gasteiger partial charge in [-0.2, -0.15) is 0 Å². The molecule has 0 unspecified atom stereocenters. The zero-order chi connectivity index (χ0) is 27.8. The van der Waals surface area contributed by atoms with Gasteiger partial charge in [0.05, 0.1) is 16.8 Å². The van der Waals surface area contributed by atoms with Crippen LogP contribution in [0, 0.1) is 0 Å². The molecule has 0 aromatic heterocycles. The Morgan fingerprint density at radius 1 is 0.821 bits per heavy atom. The Balaban J connectivity index is 1.35. The Morgan fingerprint density at radius 2 is 1.56 bits per heavy atom. The number of benzene rings is 4. The lowest BCUT2D eigenvalue weighted by molar-refractivity contribution is -0.116. The number of ether oxygens (including phenoxy) is 1. The van der Waals surface area contributed by atoms with Crippen LogP contribution in [-0.4, -0.2) is 28.1 Å². The maximum atomic E-state index is 12.5. The number of hydrogen-bond acceptors (Lipinski definition) is 5. The van der Waals surface area contributed by atoms with Crippen LogP contribution in [0.2, 0.25) is 5.02 Å². The van der Waals surface area contributed by atoms with Gasteiger partial charge in [-0.3, -0.25) is 4.79 Å². The topological polar surface area (TPSA) is 113 Å². The van der Waals surface area contributed by atoms with Gasteiger partial charge < -0.3 is 20.3 Å². The standard InChI is InChI=1S/C30H24ClNO6S/c31-25-17-23(39-22-9-4-8-21(16-22)38-18-19-6-2-1-3-7-19)14-12-20(25)13-15-27(33)32-26-11-5-10-24(29(34)35)28(26)30(36)37/h1-12,14,16-17H,13,15,18H2,(H,32,33)(H,34,35)(H,36,37). The molecule has 4 aromatic carbocycles. The van der Waals surface area contributed by atoms with Crippen LogP contribution in [0.5, 0.6) is 5.75 Å². The van der Waals surface area contributed by atoms with E-state index in [2.05, 4.69) is 5.32 Å². The fourth-order valence-electron chi connectivity index (χ4n) is 3.82. The van der Waals surface area contributed by atoms with Gasteiger partial charge in [-0.15, -0.1) is 0 Å². The summed E-state index contributed by atoms with van der Waals surface area (Å²) in [6.07, 6.45) is 0.350. The van der Waals surface area contributed by atoms with E-state index < -0.39 is 29.0 Å². The minimum atomic E-state index is -1.44. The number of carbonyl (C=O) groups is 3. The first-order valence-electron chi connectivity index (χ1n) is 11.9. The van der Waals surface area contributed by atoms with Gasteiger partial charge in [-0.05, 0) is 60.0 Å². The quantitative estimate of drug-likeness (QED) is 0.180. The first-order chi connectivity index (χ1) is 18.8. The first-order valence-corrected chi connectivity index (χ1v) is 13.1. The Labute approximate surface area is 234 Å². The molecule has 4 aromatic rings. The number of carbonyl (C=O) groups excluding carboxylic acids is 1. The van der Waals surface area contributed by atoms with Crippen LogP contribution >= 0.6 is 23.4 Å². The second-order valence-corrected chi connectivity index (χ2v) is 10.0. The van der Waals surface area contributed by atoms with Crippen molar-refractivity contribution < 1.29 is 29.3 Å². The van der Waals surface area contributed by atoms with Crippen LogP contribution in [0.15, 0.2) is 101 Å². The molecule has 1 amide bonds. The van der Waals surface area contributed by atoms with Crippen molar-refractivity contribution in [2.24, 2.45) is 0 Å². The molecule has 0 saturated heterocycles. The predicted molar refractivity (Wildman–Crippen MR) is 150 cm³/mol. The summed E-state index contributed by atoms with van der Waals surface area (Å²) in [4.78, 5) is 37.4.